The maximum absolute atomic E-state index is 13.1. The molecular formula is C36H47N7O7. The van der Waals surface area contributed by atoms with Gasteiger partial charge in [0.1, 0.15) is 17.8 Å². The number of anilines is 1. The van der Waals surface area contributed by atoms with Crippen LogP contribution in [0.2, 0.25) is 0 Å². The van der Waals surface area contributed by atoms with Gasteiger partial charge in [0.05, 0.1) is 58.6 Å². The van der Waals surface area contributed by atoms with E-state index in [2.05, 4.69) is 30.8 Å². The van der Waals surface area contributed by atoms with Crippen molar-refractivity contribution in [3.05, 3.63) is 84.1 Å². The largest absolute Gasteiger partial charge is 0.494 e. The molecule has 0 spiro atoms. The number of carbonyl (C=O) groups excluding carboxylic acids is 1. The molecule has 0 saturated heterocycles. The quantitative estimate of drug-likeness (QED) is 0.0857. The molecule has 3 N–H and O–H groups in total. The number of nitrogens with zero attached hydrogens (tertiary/aromatic N) is 5. The van der Waals surface area contributed by atoms with Crippen LogP contribution in [0.15, 0.2) is 67.1 Å². The highest BCUT2D eigenvalue weighted by atomic mass is 16.5. The van der Waals surface area contributed by atoms with Crippen LogP contribution in [-0.4, -0.2) is 88.0 Å². The molecule has 14 nitrogen and oxygen atoms in total. The van der Waals surface area contributed by atoms with Gasteiger partial charge in [0, 0.05) is 31.1 Å². The number of carboxylic acids is 1. The van der Waals surface area contributed by atoms with E-state index < -0.39 is 5.97 Å². The minimum Gasteiger partial charge on any atom is -0.494 e. The number of aromatic nitrogens is 5. The highest BCUT2D eigenvalue weighted by Gasteiger charge is 2.14. The van der Waals surface area contributed by atoms with Gasteiger partial charge >= 0.3 is 5.97 Å². The highest BCUT2D eigenvalue weighted by molar-refractivity contribution is 5.95. The summed E-state index contributed by atoms with van der Waals surface area (Å²) in [6.07, 6.45) is 7.19. The summed E-state index contributed by atoms with van der Waals surface area (Å²) in [5, 5.41) is 23.5. The molecule has 0 unspecified atom stereocenters. The second kappa shape index (κ2) is 21.2. The Labute approximate surface area is 292 Å². The zero-order chi connectivity index (χ0) is 35.4. The smallest absolute Gasteiger partial charge is 0.305 e. The summed E-state index contributed by atoms with van der Waals surface area (Å²) < 4.78 is 23.9. The van der Waals surface area contributed by atoms with Gasteiger partial charge in [-0.05, 0) is 68.1 Å². The molecule has 4 aromatic rings. The van der Waals surface area contributed by atoms with E-state index in [4.69, 9.17) is 24.1 Å². The standard InChI is InChI=1S/C36H47N7O7/c1-27(28-10-12-31(13-11-28)50-18-6-4-3-5-17-47-20-22-49-23-21-48-19-15-34(44)45)40-36(46)29-8-7-9-30(24-29)38-25-33-41-42-35(43(33)2)32-14-16-37-26-39-32/h7-14,16,24,26-27,38H,3-6,15,17-23,25H2,1-2H3,(H,40,46)(H,44,45)/t27-/m1/s1. The molecule has 2 heterocycles. The number of hydrogen-bond acceptors (Lipinski definition) is 11. The zero-order valence-electron chi connectivity index (χ0n) is 28.8. The average molecular weight is 690 g/mol. The lowest BCUT2D eigenvalue weighted by Crippen LogP contribution is -2.26. The lowest BCUT2D eigenvalue weighted by atomic mass is 10.1. The van der Waals surface area contributed by atoms with Crippen LogP contribution in [0, 0.1) is 0 Å². The van der Waals surface area contributed by atoms with Gasteiger partial charge in [-0.2, -0.15) is 0 Å². The van der Waals surface area contributed by atoms with E-state index in [1.807, 2.05) is 61.0 Å². The molecule has 2 aromatic heterocycles. The molecule has 0 radical (unpaired) electrons. The molecule has 1 atom stereocenters. The molecule has 1 amide bonds. The van der Waals surface area contributed by atoms with Gasteiger partial charge in [0.25, 0.3) is 5.91 Å². The van der Waals surface area contributed by atoms with E-state index in [0.29, 0.717) is 63.3 Å². The molecule has 0 aliphatic rings. The Bertz CT molecular complexity index is 1590. The summed E-state index contributed by atoms with van der Waals surface area (Å²) in [6.45, 7) is 5.74. The van der Waals surface area contributed by atoms with Crippen LogP contribution >= 0.6 is 0 Å². The topological polar surface area (TPSA) is 172 Å². The minimum atomic E-state index is -0.867. The Morgan fingerprint density at radius 2 is 1.58 bits per heavy atom. The van der Waals surface area contributed by atoms with E-state index in [-0.39, 0.29) is 25.0 Å². The van der Waals surface area contributed by atoms with Gasteiger partial charge in [0.2, 0.25) is 0 Å². The lowest BCUT2D eigenvalue weighted by Gasteiger charge is -2.16. The van der Waals surface area contributed by atoms with E-state index >= 15 is 0 Å². The maximum atomic E-state index is 13.1. The van der Waals surface area contributed by atoms with Crippen LogP contribution in [0.3, 0.4) is 0 Å². The van der Waals surface area contributed by atoms with Crippen LogP contribution in [0.5, 0.6) is 5.75 Å². The first-order valence-corrected chi connectivity index (χ1v) is 16.9. The molecule has 0 fully saturated rings. The van der Waals surface area contributed by atoms with Crippen molar-refractivity contribution in [2.45, 2.75) is 51.6 Å². The number of benzene rings is 2. The number of aliphatic carboxylic acids is 1. The van der Waals surface area contributed by atoms with Crippen molar-refractivity contribution in [3.63, 3.8) is 0 Å². The van der Waals surface area contributed by atoms with E-state index in [9.17, 15) is 9.59 Å². The van der Waals surface area contributed by atoms with Crippen molar-refractivity contribution in [3.8, 4) is 17.3 Å². The fourth-order valence-corrected chi connectivity index (χ4v) is 4.88. The average Bonchev–Trinajstić information content (AvgIpc) is 3.50. The first-order valence-electron chi connectivity index (χ1n) is 16.9. The van der Waals surface area contributed by atoms with Gasteiger partial charge in [-0.3, -0.25) is 9.59 Å². The Morgan fingerprint density at radius 3 is 2.30 bits per heavy atom. The molecule has 268 valence electrons. The van der Waals surface area contributed by atoms with Gasteiger partial charge in [-0.25, -0.2) is 9.97 Å². The van der Waals surface area contributed by atoms with Crippen LogP contribution in [0.4, 0.5) is 5.69 Å². The van der Waals surface area contributed by atoms with Gasteiger partial charge in [-0.1, -0.05) is 24.6 Å². The molecule has 4 rings (SSSR count). The molecule has 0 aliphatic heterocycles. The summed E-state index contributed by atoms with van der Waals surface area (Å²) >= 11 is 0. The Kier molecular flexibility index (Phi) is 16.1. The van der Waals surface area contributed by atoms with E-state index in [0.717, 1.165) is 48.5 Å². The van der Waals surface area contributed by atoms with E-state index in [1.165, 1.54) is 6.33 Å². The van der Waals surface area contributed by atoms with Crippen molar-refractivity contribution < 1.29 is 33.6 Å². The number of unbranched alkanes of at least 4 members (excludes halogenated alkanes) is 3. The lowest BCUT2D eigenvalue weighted by molar-refractivity contribution is -0.138. The molecule has 2 aromatic carbocycles. The number of nitrogens with one attached hydrogen (secondary N) is 2. The fraction of sp³-hybridized carbons (Fsp3) is 0.444. The summed E-state index contributed by atoms with van der Waals surface area (Å²) in [6, 6.07) is 16.8. The second-order valence-electron chi connectivity index (χ2n) is 11.5. The summed E-state index contributed by atoms with van der Waals surface area (Å²) in [5.41, 5.74) is 3.02. The summed E-state index contributed by atoms with van der Waals surface area (Å²) in [5.74, 6) is 1.15. The normalized spacial score (nSPS) is 11.6. The maximum Gasteiger partial charge on any atom is 0.305 e. The van der Waals surface area contributed by atoms with E-state index in [1.54, 1.807) is 18.3 Å². The van der Waals surface area contributed by atoms with Crippen molar-refractivity contribution >= 4 is 17.6 Å². The molecule has 0 saturated carbocycles. The van der Waals surface area contributed by atoms with Crippen molar-refractivity contribution in [1.82, 2.24) is 30.0 Å². The zero-order valence-corrected chi connectivity index (χ0v) is 28.8. The Hall–Kier alpha value is -4.92. The predicted octanol–water partition coefficient (Wildman–Crippen LogP) is 4.84. The molecule has 0 aliphatic carbocycles. The summed E-state index contributed by atoms with van der Waals surface area (Å²) in [7, 11) is 1.89. The highest BCUT2D eigenvalue weighted by Crippen LogP contribution is 2.20. The monoisotopic (exact) mass is 689 g/mol. The number of amides is 1. The third-order valence-electron chi connectivity index (χ3n) is 7.74. The molecular weight excluding hydrogens is 642 g/mol. The number of ether oxygens (including phenoxy) is 4. The molecule has 0 bridgehead atoms. The Balaban J connectivity index is 1.07. The predicted molar refractivity (Wildman–Crippen MR) is 187 cm³/mol. The number of rotatable bonds is 24. The minimum absolute atomic E-state index is 0.00381. The first-order chi connectivity index (χ1) is 24.4. The second-order valence-corrected chi connectivity index (χ2v) is 11.5. The fourth-order valence-electron chi connectivity index (χ4n) is 4.88. The van der Waals surface area contributed by atoms with Gasteiger partial charge in [0.15, 0.2) is 11.6 Å². The number of hydrogen-bond donors (Lipinski definition) is 3. The van der Waals surface area contributed by atoms with Crippen LogP contribution in [0.25, 0.3) is 11.5 Å². The van der Waals surface area contributed by atoms with Gasteiger partial charge < -0.3 is 39.3 Å². The van der Waals surface area contributed by atoms with Crippen molar-refractivity contribution in [2.75, 3.05) is 51.6 Å². The Morgan fingerprint density at radius 1 is 0.860 bits per heavy atom. The SMILES string of the molecule is C[C@@H](NC(=O)c1cccc(NCc2nnc(-c3ccncn3)n2C)c1)c1ccc(OCCCCCCOCCOCCOCCC(=O)O)cc1. The third kappa shape index (κ3) is 13.2. The summed E-state index contributed by atoms with van der Waals surface area (Å²) in [4.78, 5) is 31.7. The third-order valence-corrected chi connectivity index (χ3v) is 7.74. The van der Waals surface area contributed by atoms with Gasteiger partial charge in [-0.15, -0.1) is 10.2 Å². The van der Waals surface area contributed by atoms with Crippen LogP contribution < -0.4 is 15.4 Å². The van der Waals surface area contributed by atoms with Crippen LogP contribution in [-0.2, 0) is 32.6 Å². The van der Waals surface area contributed by atoms with Crippen LogP contribution in [0.1, 0.15) is 66.8 Å². The number of carboxylic acid groups (broad SMARTS) is 1. The molecule has 14 heteroatoms. The van der Waals surface area contributed by atoms with Crippen molar-refractivity contribution in [1.29, 1.82) is 0 Å². The first kappa shape index (κ1) is 37.9. The van der Waals surface area contributed by atoms with Crippen molar-refractivity contribution in [2.24, 2.45) is 7.05 Å². The number of carbonyl (C=O) groups is 2. The molecule has 50 heavy (non-hydrogen) atoms.